The molecule has 4 rings (SSSR count). The van der Waals surface area contributed by atoms with Crippen molar-refractivity contribution in [2.75, 3.05) is 25.7 Å². The van der Waals surface area contributed by atoms with Gasteiger partial charge < -0.3 is 19.5 Å². The second-order valence-corrected chi connectivity index (χ2v) is 5.97. The molecule has 1 atom stereocenters. The second-order valence-electron chi connectivity index (χ2n) is 5.97. The van der Waals surface area contributed by atoms with Crippen molar-refractivity contribution in [2.45, 2.75) is 12.6 Å². The molecule has 25 heavy (non-hydrogen) atoms. The van der Waals surface area contributed by atoms with Gasteiger partial charge >= 0.3 is 0 Å². The molecule has 0 amide bonds. The van der Waals surface area contributed by atoms with Crippen LogP contribution >= 0.6 is 0 Å². The molecule has 2 aromatic carbocycles. The third-order valence-electron chi connectivity index (χ3n) is 4.61. The molecule has 0 aliphatic carbocycles. The lowest BCUT2D eigenvalue weighted by Crippen LogP contribution is -2.35. The van der Waals surface area contributed by atoms with Gasteiger partial charge in [0.25, 0.3) is 0 Å². The van der Waals surface area contributed by atoms with Gasteiger partial charge in [-0.15, -0.1) is 0 Å². The third kappa shape index (κ3) is 2.55. The number of β-amino-alcohol motifs (C(OH)–C–C–N with tert-alkyl or cyclic N) is 1. The van der Waals surface area contributed by atoms with Crippen LogP contribution in [0.4, 0.5) is 5.82 Å². The van der Waals surface area contributed by atoms with E-state index < -0.39 is 6.10 Å². The lowest BCUT2D eigenvalue weighted by atomic mass is 9.95. The number of hydrogen-bond acceptors (Lipinski definition) is 6. The molecule has 6 nitrogen and oxygen atoms in total. The van der Waals surface area contributed by atoms with Gasteiger partial charge in [0, 0.05) is 23.1 Å². The van der Waals surface area contributed by atoms with Crippen LogP contribution in [0.25, 0.3) is 10.9 Å². The Kier molecular flexibility index (Phi) is 3.89. The minimum atomic E-state index is -0.692. The summed E-state index contributed by atoms with van der Waals surface area (Å²) < 4.78 is 10.9. The van der Waals surface area contributed by atoms with E-state index in [4.69, 9.17) is 9.47 Å². The summed E-state index contributed by atoms with van der Waals surface area (Å²) in [5.74, 6) is 2.22. The quantitative estimate of drug-likeness (QED) is 0.793. The third-order valence-corrected chi connectivity index (χ3v) is 4.61. The van der Waals surface area contributed by atoms with Crippen LogP contribution in [0.2, 0.25) is 0 Å². The molecule has 1 aromatic heterocycles. The van der Waals surface area contributed by atoms with Crippen molar-refractivity contribution < 1.29 is 14.6 Å². The highest BCUT2D eigenvalue weighted by Gasteiger charge is 2.30. The van der Waals surface area contributed by atoms with Gasteiger partial charge in [0.05, 0.1) is 26.3 Å². The van der Waals surface area contributed by atoms with Crippen LogP contribution in [0.1, 0.15) is 17.2 Å². The van der Waals surface area contributed by atoms with Crippen LogP contribution in [0, 0.1) is 0 Å². The highest BCUT2D eigenvalue weighted by Crippen LogP contribution is 2.41. The molecule has 0 bridgehead atoms. The molecule has 0 radical (unpaired) electrons. The van der Waals surface area contributed by atoms with Gasteiger partial charge in [0.1, 0.15) is 29.7 Å². The Bertz CT molecular complexity index is 924. The first-order valence-electron chi connectivity index (χ1n) is 8.09. The lowest BCUT2D eigenvalue weighted by molar-refractivity contribution is 0.169. The fourth-order valence-electron chi connectivity index (χ4n) is 3.48. The zero-order valence-electron chi connectivity index (χ0n) is 14.1. The van der Waals surface area contributed by atoms with Crippen LogP contribution in [0.3, 0.4) is 0 Å². The number of ether oxygens (including phenoxy) is 2. The standard InChI is InChI=1S/C19H19N3O3/c1-24-16-7-8-17(25-2)18-13(16)9-22(10-15(18)23)19-12-5-3-4-6-14(12)20-11-21-19/h3-8,11,15,23H,9-10H2,1-2H3. The maximum Gasteiger partial charge on any atom is 0.140 e. The van der Waals surface area contributed by atoms with Crippen molar-refractivity contribution in [3.8, 4) is 11.5 Å². The van der Waals surface area contributed by atoms with Gasteiger partial charge in [-0.05, 0) is 24.3 Å². The molecule has 128 valence electrons. The molecule has 1 N–H and O–H groups in total. The Morgan fingerprint density at radius 2 is 1.80 bits per heavy atom. The molecule has 0 fully saturated rings. The molecule has 1 unspecified atom stereocenters. The molecule has 0 saturated carbocycles. The fourth-order valence-corrected chi connectivity index (χ4v) is 3.48. The first-order valence-corrected chi connectivity index (χ1v) is 8.09. The summed E-state index contributed by atoms with van der Waals surface area (Å²) >= 11 is 0. The summed E-state index contributed by atoms with van der Waals surface area (Å²) in [7, 11) is 3.24. The molecular formula is C19H19N3O3. The van der Waals surface area contributed by atoms with Crippen LogP contribution in [0.15, 0.2) is 42.7 Å². The lowest BCUT2D eigenvalue weighted by Gasteiger charge is -2.35. The largest absolute Gasteiger partial charge is 0.496 e. The van der Waals surface area contributed by atoms with Crippen LogP contribution in [-0.2, 0) is 6.54 Å². The number of benzene rings is 2. The molecular weight excluding hydrogens is 318 g/mol. The Hall–Kier alpha value is -2.86. The summed E-state index contributed by atoms with van der Waals surface area (Å²) in [4.78, 5) is 10.8. The minimum absolute atomic E-state index is 0.428. The van der Waals surface area contributed by atoms with E-state index in [-0.39, 0.29) is 0 Å². The van der Waals surface area contributed by atoms with Crippen LogP contribution in [0.5, 0.6) is 11.5 Å². The van der Waals surface area contributed by atoms with E-state index in [0.29, 0.717) is 18.8 Å². The monoisotopic (exact) mass is 337 g/mol. The van der Waals surface area contributed by atoms with Gasteiger partial charge in [-0.25, -0.2) is 9.97 Å². The summed E-state index contributed by atoms with van der Waals surface area (Å²) in [5.41, 5.74) is 2.59. The number of rotatable bonds is 3. The van der Waals surface area contributed by atoms with E-state index >= 15 is 0 Å². The number of hydrogen-bond donors (Lipinski definition) is 1. The Balaban J connectivity index is 1.83. The number of anilines is 1. The van der Waals surface area contributed by atoms with Gasteiger partial charge in [-0.2, -0.15) is 0 Å². The molecule has 2 heterocycles. The van der Waals surface area contributed by atoms with Crippen molar-refractivity contribution in [3.63, 3.8) is 0 Å². The SMILES string of the molecule is COc1ccc(OC)c2c1CN(c1ncnc3ccccc13)CC2O. The zero-order valence-corrected chi connectivity index (χ0v) is 14.1. The molecule has 0 saturated heterocycles. The van der Waals surface area contributed by atoms with Gasteiger partial charge in [0.15, 0.2) is 0 Å². The van der Waals surface area contributed by atoms with Gasteiger partial charge in [0.2, 0.25) is 0 Å². The zero-order chi connectivity index (χ0) is 17.4. The van der Waals surface area contributed by atoms with E-state index in [1.807, 2.05) is 36.4 Å². The average Bonchev–Trinajstić information content (AvgIpc) is 2.66. The number of fused-ring (bicyclic) bond motifs is 2. The van der Waals surface area contributed by atoms with Gasteiger partial charge in [-0.3, -0.25) is 0 Å². The smallest absolute Gasteiger partial charge is 0.140 e. The van der Waals surface area contributed by atoms with E-state index in [2.05, 4.69) is 14.9 Å². The molecule has 0 spiro atoms. The number of nitrogens with zero attached hydrogens (tertiary/aromatic N) is 3. The summed E-state index contributed by atoms with van der Waals surface area (Å²) in [6, 6.07) is 11.6. The molecule has 1 aliphatic rings. The fraction of sp³-hybridized carbons (Fsp3) is 0.263. The predicted octanol–water partition coefficient (Wildman–Crippen LogP) is 2.70. The predicted molar refractivity (Wildman–Crippen MR) is 95.1 cm³/mol. The van der Waals surface area contributed by atoms with Gasteiger partial charge in [-0.1, -0.05) is 12.1 Å². The topological polar surface area (TPSA) is 67.7 Å². The highest BCUT2D eigenvalue weighted by molar-refractivity contribution is 5.89. The number of para-hydroxylation sites is 1. The van der Waals surface area contributed by atoms with Crippen molar-refractivity contribution >= 4 is 16.7 Å². The molecule has 1 aliphatic heterocycles. The number of aromatic nitrogens is 2. The van der Waals surface area contributed by atoms with E-state index in [1.54, 1.807) is 20.5 Å². The Morgan fingerprint density at radius 1 is 1.04 bits per heavy atom. The van der Waals surface area contributed by atoms with Crippen molar-refractivity contribution in [1.82, 2.24) is 9.97 Å². The van der Waals surface area contributed by atoms with E-state index in [9.17, 15) is 5.11 Å². The van der Waals surface area contributed by atoms with Crippen molar-refractivity contribution in [2.24, 2.45) is 0 Å². The molecule has 6 heteroatoms. The Labute approximate surface area is 145 Å². The van der Waals surface area contributed by atoms with Crippen LogP contribution < -0.4 is 14.4 Å². The summed E-state index contributed by atoms with van der Waals surface area (Å²) in [6.45, 7) is 1.01. The second kappa shape index (κ2) is 6.22. The first-order chi connectivity index (χ1) is 12.2. The maximum atomic E-state index is 10.8. The number of methoxy groups -OCH3 is 2. The highest BCUT2D eigenvalue weighted by atomic mass is 16.5. The summed E-state index contributed by atoms with van der Waals surface area (Å²) in [5, 5.41) is 11.7. The van der Waals surface area contributed by atoms with Crippen LogP contribution in [-0.4, -0.2) is 35.8 Å². The Morgan fingerprint density at radius 3 is 2.60 bits per heavy atom. The normalized spacial score (nSPS) is 16.6. The average molecular weight is 337 g/mol. The number of aliphatic hydroxyl groups is 1. The van der Waals surface area contributed by atoms with E-state index in [0.717, 1.165) is 33.6 Å². The van der Waals surface area contributed by atoms with E-state index in [1.165, 1.54) is 0 Å². The first kappa shape index (κ1) is 15.7. The maximum absolute atomic E-state index is 10.8. The summed E-state index contributed by atoms with van der Waals surface area (Å²) in [6.07, 6.45) is 0.866. The van der Waals surface area contributed by atoms with Crippen molar-refractivity contribution in [1.29, 1.82) is 0 Å². The van der Waals surface area contributed by atoms with Crippen molar-refractivity contribution in [3.05, 3.63) is 53.9 Å². The molecule has 3 aromatic rings. The minimum Gasteiger partial charge on any atom is -0.496 e. The number of aliphatic hydroxyl groups excluding tert-OH is 1.